The van der Waals surface area contributed by atoms with Crippen molar-refractivity contribution in [2.75, 3.05) is 0 Å². The highest BCUT2D eigenvalue weighted by Gasteiger charge is 2.18. The lowest BCUT2D eigenvalue weighted by molar-refractivity contribution is -0.120. The van der Waals surface area contributed by atoms with Crippen molar-refractivity contribution in [1.29, 1.82) is 5.26 Å². The van der Waals surface area contributed by atoms with E-state index < -0.39 is 17.8 Å². The fourth-order valence-electron chi connectivity index (χ4n) is 1.77. The number of carbonyl (C=O) groups excluding carboxylic acids is 1. The zero-order chi connectivity index (χ0) is 14.5. The third-order valence-electron chi connectivity index (χ3n) is 2.67. The Morgan fingerprint density at radius 3 is 2.90 bits per heavy atom. The number of aromatic nitrogens is 1. The van der Waals surface area contributed by atoms with Gasteiger partial charge < -0.3 is 9.84 Å². The molecule has 0 spiro atoms. The molecule has 0 fully saturated rings. The van der Waals surface area contributed by atoms with E-state index in [1.54, 1.807) is 19.1 Å². The summed E-state index contributed by atoms with van der Waals surface area (Å²) >= 11 is 0. The number of rotatable bonds is 4. The third kappa shape index (κ3) is 3.20. The molecule has 102 valence electrons. The Morgan fingerprint density at radius 1 is 1.55 bits per heavy atom. The Bertz CT molecular complexity index is 660. The van der Waals surface area contributed by atoms with Crippen LogP contribution in [0.1, 0.15) is 23.1 Å². The largest absolute Gasteiger partial charge is 0.361 e. The van der Waals surface area contributed by atoms with Gasteiger partial charge in [0.2, 0.25) is 5.91 Å². The van der Waals surface area contributed by atoms with Crippen LogP contribution in [0.5, 0.6) is 0 Å². The first-order chi connectivity index (χ1) is 9.60. The van der Waals surface area contributed by atoms with Crippen LogP contribution in [-0.4, -0.2) is 11.1 Å². The van der Waals surface area contributed by atoms with Crippen LogP contribution in [0.25, 0.3) is 0 Å². The second-order valence-electron chi connectivity index (χ2n) is 4.26. The van der Waals surface area contributed by atoms with E-state index in [9.17, 15) is 9.18 Å². The van der Waals surface area contributed by atoms with Crippen LogP contribution in [0, 0.1) is 24.1 Å². The predicted molar refractivity (Wildman–Crippen MR) is 67.8 cm³/mol. The minimum Gasteiger partial charge on any atom is -0.361 e. The highest BCUT2D eigenvalue weighted by molar-refractivity contribution is 5.79. The molecule has 20 heavy (non-hydrogen) atoms. The molecule has 1 amide bonds. The monoisotopic (exact) mass is 273 g/mol. The summed E-state index contributed by atoms with van der Waals surface area (Å²) in [5.41, 5.74) is 0.602. The van der Waals surface area contributed by atoms with Crippen LogP contribution in [0.2, 0.25) is 0 Å². The van der Waals surface area contributed by atoms with Gasteiger partial charge in [-0.05, 0) is 13.0 Å². The summed E-state index contributed by atoms with van der Waals surface area (Å²) in [6.45, 7) is 1.71. The van der Waals surface area contributed by atoms with Crippen LogP contribution in [0.3, 0.4) is 0 Å². The molecule has 0 radical (unpaired) electrons. The van der Waals surface area contributed by atoms with Crippen LogP contribution >= 0.6 is 0 Å². The Hall–Kier alpha value is -2.68. The predicted octanol–water partition coefficient (Wildman–Crippen LogP) is 2.05. The van der Waals surface area contributed by atoms with Crippen LogP contribution in [0.4, 0.5) is 4.39 Å². The number of hydrogen-bond acceptors (Lipinski definition) is 4. The number of amides is 1. The van der Waals surface area contributed by atoms with Gasteiger partial charge in [-0.25, -0.2) is 4.39 Å². The van der Waals surface area contributed by atoms with Crippen molar-refractivity contribution >= 4 is 5.91 Å². The summed E-state index contributed by atoms with van der Waals surface area (Å²) in [6.07, 6.45) is -0.0238. The minimum absolute atomic E-state index is 0.0238. The number of aryl methyl sites for hydroxylation is 1. The van der Waals surface area contributed by atoms with E-state index >= 15 is 0 Å². The van der Waals surface area contributed by atoms with E-state index in [0.717, 1.165) is 0 Å². The number of nitrogens with zero attached hydrogens (tertiary/aromatic N) is 2. The molecular weight excluding hydrogens is 261 g/mol. The lowest BCUT2D eigenvalue weighted by atomic mass is 10.1. The number of benzene rings is 1. The average Bonchev–Trinajstić information content (AvgIpc) is 2.82. The van der Waals surface area contributed by atoms with Crippen molar-refractivity contribution in [3.8, 4) is 6.07 Å². The van der Waals surface area contributed by atoms with Crippen molar-refractivity contribution in [2.45, 2.75) is 19.4 Å². The van der Waals surface area contributed by atoms with Gasteiger partial charge in [0.1, 0.15) is 17.6 Å². The summed E-state index contributed by atoms with van der Waals surface area (Å²) in [5.74, 6) is -0.358. The van der Waals surface area contributed by atoms with Gasteiger partial charge in [-0.3, -0.25) is 4.79 Å². The van der Waals surface area contributed by atoms with Crippen molar-refractivity contribution in [3.63, 3.8) is 0 Å². The van der Waals surface area contributed by atoms with Crippen LogP contribution < -0.4 is 5.32 Å². The summed E-state index contributed by atoms with van der Waals surface area (Å²) < 4.78 is 18.4. The SMILES string of the molecule is Cc1cc(CC(=O)N[C@@H](C#N)c2ccccc2F)no1. The Labute approximate surface area is 115 Å². The van der Waals surface area contributed by atoms with E-state index in [1.807, 2.05) is 6.07 Å². The van der Waals surface area contributed by atoms with Gasteiger partial charge in [-0.15, -0.1) is 0 Å². The lowest BCUT2D eigenvalue weighted by Gasteiger charge is -2.12. The topological polar surface area (TPSA) is 78.9 Å². The minimum atomic E-state index is -1.03. The number of nitriles is 1. The fraction of sp³-hybridized carbons (Fsp3) is 0.214. The summed E-state index contributed by atoms with van der Waals surface area (Å²) in [6, 6.07) is 8.30. The van der Waals surface area contributed by atoms with Crippen LogP contribution in [-0.2, 0) is 11.2 Å². The molecule has 0 aliphatic rings. The number of hydrogen-bond donors (Lipinski definition) is 1. The van der Waals surface area contributed by atoms with Crippen molar-refractivity contribution in [1.82, 2.24) is 10.5 Å². The molecule has 1 heterocycles. The maximum absolute atomic E-state index is 13.6. The maximum Gasteiger partial charge on any atom is 0.227 e. The van der Waals surface area contributed by atoms with Gasteiger partial charge in [0.05, 0.1) is 18.2 Å². The molecule has 5 nitrogen and oxygen atoms in total. The molecule has 6 heteroatoms. The molecule has 2 rings (SSSR count). The number of nitrogens with one attached hydrogen (secondary N) is 1. The molecule has 0 saturated carbocycles. The van der Waals surface area contributed by atoms with Gasteiger partial charge in [0, 0.05) is 11.6 Å². The second kappa shape index (κ2) is 5.97. The molecule has 0 aliphatic heterocycles. The molecule has 0 bridgehead atoms. The third-order valence-corrected chi connectivity index (χ3v) is 2.67. The zero-order valence-corrected chi connectivity index (χ0v) is 10.8. The fourth-order valence-corrected chi connectivity index (χ4v) is 1.77. The van der Waals surface area contributed by atoms with Gasteiger partial charge in [0.25, 0.3) is 0 Å². The van der Waals surface area contributed by atoms with Crippen molar-refractivity contribution in [3.05, 3.63) is 53.2 Å². The van der Waals surface area contributed by atoms with Crippen molar-refractivity contribution in [2.24, 2.45) is 0 Å². The molecular formula is C14H12FN3O2. The molecule has 0 saturated heterocycles. The van der Waals surface area contributed by atoms with Crippen molar-refractivity contribution < 1.29 is 13.7 Å². The average molecular weight is 273 g/mol. The Balaban J connectivity index is 2.06. The molecule has 1 aromatic carbocycles. The van der Waals surface area contributed by atoms with Gasteiger partial charge >= 0.3 is 0 Å². The quantitative estimate of drug-likeness (QED) is 0.924. The second-order valence-corrected chi connectivity index (χ2v) is 4.26. The van der Waals surface area contributed by atoms with Gasteiger partial charge in [-0.1, -0.05) is 23.4 Å². The van der Waals surface area contributed by atoms with Crippen LogP contribution in [0.15, 0.2) is 34.9 Å². The van der Waals surface area contributed by atoms with E-state index in [4.69, 9.17) is 9.78 Å². The first-order valence-electron chi connectivity index (χ1n) is 5.95. The standard InChI is InChI=1S/C14H12FN3O2/c1-9-6-10(18-20-9)7-14(19)17-13(8-16)11-4-2-3-5-12(11)15/h2-6,13H,7H2,1H3,(H,17,19)/t13-/m0/s1. The first-order valence-corrected chi connectivity index (χ1v) is 5.95. The molecule has 0 aliphatic carbocycles. The molecule has 0 unspecified atom stereocenters. The Kier molecular flexibility index (Phi) is 4.11. The maximum atomic E-state index is 13.6. The summed E-state index contributed by atoms with van der Waals surface area (Å²) in [5, 5.41) is 15.2. The molecule has 1 N–H and O–H groups in total. The van der Waals surface area contributed by atoms with Gasteiger partial charge in [0.15, 0.2) is 0 Å². The summed E-state index contributed by atoms with van der Waals surface area (Å²) in [7, 11) is 0. The first kappa shape index (κ1) is 13.7. The number of halogens is 1. The lowest BCUT2D eigenvalue weighted by Crippen LogP contribution is -2.29. The van der Waals surface area contributed by atoms with E-state index in [1.165, 1.54) is 18.2 Å². The van der Waals surface area contributed by atoms with E-state index in [0.29, 0.717) is 11.5 Å². The smallest absolute Gasteiger partial charge is 0.227 e. The molecule has 1 aromatic heterocycles. The van der Waals surface area contributed by atoms with Gasteiger partial charge in [-0.2, -0.15) is 5.26 Å². The Morgan fingerprint density at radius 2 is 2.30 bits per heavy atom. The molecule has 2 aromatic rings. The zero-order valence-electron chi connectivity index (χ0n) is 10.8. The molecule has 1 atom stereocenters. The number of carbonyl (C=O) groups is 1. The summed E-state index contributed by atoms with van der Waals surface area (Å²) in [4.78, 5) is 11.8. The normalized spacial score (nSPS) is 11.7. The van der Waals surface area contributed by atoms with E-state index in [-0.39, 0.29) is 12.0 Å². The van der Waals surface area contributed by atoms with E-state index in [2.05, 4.69) is 10.5 Å². The highest BCUT2D eigenvalue weighted by atomic mass is 19.1. The highest BCUT2D eigenvalue weighted by Crippen LogP contribution is 2.16.